The Labute approximate surface area is 162 Å². The highest BCUT2D eigenvalue weighted by Crippen LogP contribution is 2.30. The number of hydrogen-bond donors (Lipinski definition) is 1. The van der Waals surface area contributed by atoms with Gasteiger partial charge < -0.3 is 5.32 Å². The molecule has 0 spiro atoms. The topological polar surface area (TPSA) is 87.0 Å². The molecule has 134 valence electrons. The van der Waals surface area contributed by atoms with E-state index in [0.717, 1.165) is 21.0 Å². The normalized spacial score (nSPS) is 17.0. The zero-order valence-corrected chi connectivity index (χ0v) is 16.3. The van der Waals surface area contributed by atoms with E-state index in [9.17, 15) is 9.59 Å². The van der Waals surface area contributed by atoms with Crippen molar-refractivity contribution in [3.8, 4) is 0 Å². The van der Waals surface area contributed by atoms with Gasteiger partial charge in [0.2, 0.25) is 11.8 Å². The van der Waals surface area contributed by atoms with E-state index in [1.54, 1.807) is 5.01 Å². The van der Waals surface area contributed by atoms with E-state index in [0.29, 0.717) is 23.3 Å². The number of amides is 2. The van der Waals surface area contributed by atoms with Crippen molar-refractivity contribution < 1.29 is 9.59 Å². The molecule has 1 N–H and O–H groups in total. The number of rotatable bonds is 3. The number of nitrogens with one attached hydrogen (secondary N) is 1. The van der Waals surface area contributed by atoms with E-state index >= 15 is 0 Å². The van der Waals surface area contributed by atoms with Crippen molar-refractivity contribution in [2.45, 2.75) is 19.8 Å². The Bertz CT molecular complexity index is 953. The van der Waals surface area contributed by atoms with Crippen LogP contribution in [0.5, 0.6) is 0 Å². The summed E-state index contributed by atoms with van der Waals surface area (Å²) in [5.74, 6) is -0.00925. The van der Waals surface area contributed by atoms with Gasteiger partial charge in [-0.3, -0.25) is 9.59 Å². The first-order valence-corrected chi connectivity index (χ1v) is 10.6. The van der Waals surface area contributed by atoms with Gasteiger partial charge in [-0.15, -0.1) is 0 Å². The third kappa shape index (κ3) is 3.92. The molecule has 0 saturated heterocycles. The number of carbonyl (C=O) groups is 2. The average Bonchev–Trinajstić information content (AvgIpc) is 3.11. The molecule has 0 unspecified atom stereocenters. The minimum atomic E-state index is -0.130. The Balaban J connectivity index is 1.34. The van der Waals surface area contributed by atoms with Crippen LogP contribution in [0.25, 0.3) is 10.2 Å². The van der Waals surface area contributed by atoms with Gasteiger partial charge in [0.05, 0.1) is 16.0 Å². The lowest BCUT2D eigenvalue weighted by molar-refractivity contribution is -0.117. The third-order valence-electron chi connectivity index (χ3n) is 3.70. The number of hydrogen-bond acceptors (Lipinski definition) is 8. The maximum Gasteiger partial charge on any atom is 0.248 e. The number of amidine groups is 1. The molecule has 0 bridgehead atoms. The van der Waals surface area contributed by atoms with E-state index in [4.69, 9.17) is 0 Å². The Morgan fingerprint density at radius 2 is 2.31 bits per heavy atom. The molecule has 3 heterocycles. The molecule has 2 aliphatic heterocycles. The molecular weight excluding hydrogens is 390 g/mol. The summed E-state index contributed by atoms with van der Waals surface area (Å²) in [6.07, 6.45) is 1.20. The van der Waals surface area contributed by atoms with Crippen LogP contribution in [0, 0.1) is 6.92 Å². The lowest BCUT2D eigenvalue weighted by Crippen LogP contribution is -2.18. The highest BCUT2D eigenvalue weighted by Gasteiger charge is 2.27. The van der Waals surface area contributed by atoms with Gasteiger partial charge in [-0.2, -0.15) is 10.1 Å². The van der Waals surface area contributed by atoms with Gasteiger partial charge in [0, 0.05) is 13.0 Å². The van der Waals surface area contributed by atoms with Crippen LogP contribution < -0.4 is 5.32 Å². The number of hydrazone groups is 1. The Morgan fingerprint density at radius 3 is 3.19 bits per heavy atom. The fourth-order valence-corrected chi connectivity index (χ4v) is 5.27. The molecule has 1 aromatic heterocycles. The first-order chi connectivity index (χ1) is 12.6. The van der Waals surface area contributed by atoms with Crippen LogP contribution in [0.3, 0.4) is 0 Å². The first kappa shape index (κ1) is 17.5. The maximum atomic E-state index is 12.2. The Kier molecular flexibility index (Phi) is 4.96. The molecular formula is C16H15N5O2S3. The van der Waals surface area contributed by atoms with Crippen molar-refractivity contribution >= 4 is 71.6 Å². The molecule has 2 aromatic rings. The van der Waals surface area contributed by atoms with Crippen LogP contribution in [0.2, 0.25) is 0 Å². The van der Waals surface area contributed by atoms with Crippen molar-refractivity contribution in [3.05, 3.63) is 23.8 Å². The summed E-state index contributed by atoms with van der Waals surface area (Å²) in [5.41, 5.74) is 2.05. The number of aliphatic imine (C=N–C) groups is 1. The summed E-state index contributed by atoms with van der Waals surface area (Å²) in [5, 5.41) is 10.2. The molecule has 2 aliphatic rings. The fourth-order valence-electron chi connectivity index (χ4n) is 2.49. The van der Waals surface area contributed by atoms with E-state index in [1.165, 1.54) is 40.4 Å². The third-order valence-corrected chi connectivity index (χ3v) is 6.71. The second kappa shape index (κ2) is 7.37. The number of anilines is 1. The average molecular weight is 406 g/mol. The zero-order valence-electron chi connectivity index (χ0n) is 13.9. The minimum Gasteiger partial charge on any atom is -0.301 e. The Morgan fingerprint density at radius 1 is 1.42 bits per heavy atom. The summed E-state index contributed by atoms with van der Waals surface area (Å²) >= 11 is 4.14. The second-order valence-electron chi connectivity index (χ2n) is 5.81. The van der Waals surface area contributed by atoms with Crippen molar-refractivity contribution in [2.75, 3.05) is 17.6 Å². The number of fused-ring (bicyclic) bond motifs is 2. The molecule has 0 aliphatic carbocycles. The van der Waals surface area contributed by atoms with Crippen LogP contribution in [-0.4, -0.2) is 43.6 Å². The minimum absolute atomic E-state index is 0.111. The zero-order chi connectivity index (χ0) is 18.1. The molecule has 1 aromatic carbocycles. The smallest absolute Gasteiger partial charge is 0.248 e. The summed E-state index contributed by atoms with van der Waals surface area (Å²) in [6.45, 7) is 2.71. The van der Waals surface area contributed by atoms with Crippen LogP contribution in [-0.2, 0) is 9.59 Å². The summed E-state index contributed by atoms with van der Waals surface area (Å²) < 4.78 is 1.79. The lowest BCUT2D eigenvalue weighted by atomic mass is 10.2. The quantitative estimate of drug-likeness (QED) is 0.843. The molecule has 7 nitrogen and oxygen atoms in total. The highest BCUT2D eigenvalue weighted by molar-refractivity contribution is 8.45. The number of aryl methyl sites for hydroxylation is 1. The maximum absolute atomic E-state index is 12.2. The predicted octanol–water partition coefficient (Wildman–Crippen LogP) is 3.27. The SMILES string of the molecule is Cc1ccc2nc(NC(=O)CSC3=NN4CCCC(=O)N=C4S3)sc2c1. The first-order valence-electron chi connectivity index (χ1n) is 8.02. The van der Waals surface area contributed by atoms with Gasteiger partial charge in [0.25, 0.3) is 0 Å². The molecule has 0 atom stereocenters. The van der Waals surface area contributed by atoms with Crippen molar-refractivity contribution in [2.24, 2.45) is 10.1 Å². The number of nitrogens with zero attached hydrogens (tertiary/aromatic N) is 4. The number of benzene rings is 1. The summed E-state index contributed by atoms with van der Waals surface area (Å²) in [4.78, 5) is 32.2. The van der Waals surface area contributed by atoms with Crippen LogP contribution in [0.4, 0.5) is 5.13 Å². The molecule has 0 saturated carbocycles. The van der Waals surface area contributed by atoms with Gasteiger partial charge in [-0.05, 0) is 42.8 Å². The number of aromatic nitrogens is 1. The van der Waals surface area contributed by atoms with Crippen LogP contribution in [0.15, 0.2) is 28.3 Å². The summed E-state index contributed by atoms with van der Waals surface area (Å²) in [7, 11) is 0. The summed E-state index contributed by atoms with van der Waals surface area (Å²) in [6, 6.07) is 6.02. The molecule has 4 rings (SSSR count). The largest absolute Gasteiger partial charge is 0.301 e. The Hall–Kier alpha value is -1.91. The van der Waals surface area contributed by atoms with E-state index in [2.05, 4.69) is 26.5 Å². The van der Waals surface area contributed by atoms with Gasteiger partial charge in [0.15, 0.2) is 14.7 Å². The van der Waals surface area contributed by atoms with Crippen LogP contribution >= 0.6 is 34.9 Å². The van der Waals surface area contributed by atoms with E-state index in [-0.39, 0.29) is 17.6 Å². The van der Waals surface area contributed by atoms with Crippen molar-refractivity contribution in [1.29, 1.82) is 0 Å². The molecule has 0 radical (unpaired) electrons. The predicted molar refractivity (Wildman–Crippen MR) is 109 cm³/mol. The van der Waals surface area contributed by atoms with Gasteiger partial charge in [-0.1, -0.05) is 29.2 Å². The standard InChI is InChI=1S/C16H15N5O2S3/c1-9-4-5-10-11(7-9)25-14(17-10)18-13(23)8-24-16-20-21-6-2-3-12(22)19-15(21)26-16/h4-5,7H,2-3,6,8H2,1H3,(H,17,18,23). The van der Waals surface area contributed by atoms with Gasteiger partial charge >= 0.3 is 0 Å². The molecule has 10 heteroatoms. The number of carbonyl (C=O) groups excluding carboxylic acids is 2. The molecule has 2 amide bonds. The molecule has 26 heavy (non-hydrogen) atoms. The highest BCUT2D eigenvalue weighted by atomic mass is 32.2. The van der Waals surface area contributed by atoms with E-state index < -0.39 is 0 Å². The van der Waals surface area contributed by atoms with Crippen LogP contribution in [0.1, 0.15) is 18.4 Å². The number of thiazole rings is 1. The second-order valence-corrected chi connectivity index (χ2v) is 9.02. The van der Waals surface area contributed by atoms with Gasteiger partial charge in [0.1, 0.15) is 0 Å². The fraction of sp³-hybridized carbons (Fsp3) is 0.312. The van der Waals surface area contributed by atoms with Crippen molar-refractivity contribution in [3.63, 3.8) is 0 Å². The van der Waals surface area contributed by atoms with Gasteiger partial charge in [-0.25, -0.2) is 9.99 Å². The van der Waals surface area contributed by atoms with Crippen molar-refractivity contribution in [1.82, 2.24) is 9.99 Å². The monoisotopic (exact) mass is 405 g/mol. The lowest BCUT2D eigenvalue weighted by Gasteiger charge is -2.08. The molecule has 0 fully saturated rings. The van der Waals surface area contributed by atoms with E-state index in [1.807, 2.05) is 19.1 Å². The number of thioether (sulfide) groups is 2.